The number of nitrogens with one attached hydrogen (secondary N) is 1. The molecule has 0 bridgehead atoms. The van der Waals surface area contributed by atoms with Crippen molar-refractivity contribution in [2.24, 2.45) is 11.7 Å². The maximum atomic E-state index is 12.9. The lowest BCUT2D eigenvalue weighted by Crippen LogP contribution is -2.55. The van der Waals surface area contributed by atoms with Crippen molar-refractivity contribution in [3.8, 4) is 0 Å². The summed E-state index contributed by atoms with van der Waals surface area (Å²) in [6, 6.07) is 6.72. The van der Waals surface area contributed by atoms with Crippen LogP contribution in [0.3, 0.4) is 0 Å². The Bertz CT molecular complexity index is 634. The number of hydrogen-bond donors (Lipinski definition) is 2. The van der Waals surface area contributed by atoms with Crippen LogP contribution in [0.2, 0.25) is 0 Å². The van der Waals surface area contributed by atoms with Crippen LogP contribution in [-0.4, -0.2) is 39.3 Å². The number of urea groups is 1. The fraction of sp³-hybridized carbons (Fsp3) is 0.529. The van der Waals surface area contributed by atoms with Crippen molar-refractivity contribution in [2.75, 3.05) is 11.6 Å². The zero-order valence-corrected chi connectivity index (χ0v) is 16.3. The molecular formula is C17H25N3O2S2. The second kappa shape index (κ2) is 7.27. The Hall–Kier alpha value is -1.34. The quantitative estimate of drug-likeness (QED) is 0.797. The maximum absolute atomic E-state index is 12.9. The van der Waals surface area contributed by atoms with Crippen LogP contribution in [0.1, 0.15) is 27.7 Å². The molecule has 132 valence electrons. The first kappa shape index (κ1) is 19.0. The zero-order valence-electron chi connectivity index (χ0n) is 14.7. The van der Waals surface area contributed by atoms with E-state index in [9.17, 15) is 9.59 Å². The van der Waals surface area contributed by atoms with Gasteiger partial charge in [0.1, 0.15) is 6.04 Å². The Morgan fingerprint density at radius 3 is 2.58 bits per heavy atom. The lowest BCUT2D eigenvalue weighted by Gasteiger charge is -2.31. The van der Waals surface area contributed by atoms with E-state index < -0.39 is 16.7 Å². The van der Waals surface area contributed by atoms with Crippen LogP contribution in [0, 0.1) is 5.92 Å². The van der Waals surface area contributed by atoms with Crippen LogP contribution < -0.4 is 11.1 Å². The molecule has 0 radical (unpaired) electrons. The number of hydrogen-bond acceptors (Lipinski definition) is 4. The van der Waals surface area contributed by atoms with E-state index in [0.29, 0.717) is 5.69 Å². The van der Waals surface area contributed by atoms with E-state index in [0.717, 1.165) is 4.90 Å². The minimum atomic E-state index is -0.640. The maximum Gasteiger partial charge on any atom is 0.323 e. The van der Waals surface area contributed by atoms with Gasteiger partial charge in [-0.3, -0.25) is 9.69 Å². The molecule has 0 aromatic heterocycles. The molecular weight excluding hydrogens is 342 g/mol. The van der Waals surface area contributed by atoms with Crippen LogP contribution in [-0.2, 0) is 4.79 Å². The van der Waals surface area contributed by atoms with Gasteiger partial charge in [-0.25, -0.2) is 4.79 Å². The number of carbonyl (C=O) groups is 2. The van der Waals surface area contributed by atoms with Crippen molar-refractivity contribution in [1.29, 1.82) is 0 Å². The van der Waals surface area contributed by atoms with Crippen LogP contribution in [0.15, 0.2) is 29.2 Å². The molecule has 0 aliphatic carbocycles. The van der Waals surface area contributed by atoms with E-state index in [1.165, 1.54) is 0 Å². The number of carbonyl (C=O) groups excluding carboxylic acids is 2. The molecule has 3 amide bonds. The summed E-state index contributed by atoms with van der Waals surface area (Å²) in [6.07, 6.45) is 1.98. The summed E-state index contributed by atoms with van der Waals surface area (Å²) in [7, 11) is 0. The number of benzene rings is 1. The van der Waals surface area contributed by atoms with Crippen LogP contribution in [0.4, 0.5) is 10.5 Å². The lowest BCUT2D eigenvalue weighted by molar-refractivity contribution is -0.122. The van der Waals surface area contributed by atoms with Gasteiger partial charge in [0.25, 0.3) is 0 Å². The Balaban J connectivity index is 2.30. The van der Waals surface area contributed by atoms with Crippen LogP contribution in [0.25, 0.3) is 0 Å². The van der Waals surface area contributed by atoms with E-state index >= 15 is 0 Å². The molecule has 24 heavy (non-hydrogen) atoms. The molecule has 1 fully saturated rings. The van der Waals surface area contributed by atoms with Gasteiger partial charge in [0.2, 0.25) is 5.91 Å². The third kappa shape index (κ3) is 3.83. The number of rotatable bonds is 4. The summed E-state index contributed by atoms with van der Waals surface area (Å²) in [6.45, 7) is 8.02. The molecule has 1 aliphatic rings. The van der Waals surface area contributed by atoms with Crippen molar-refractivity contribution in [2.45, 2.75) is 48.8 Å². The van der Waals surface area contributed by atoms with E-state index in [1.54, 1.807) is 28.4 Å². The number of thioether (sulfide) groups is 2. The van der Waals surface area contributed by atoms with Crippen LogP contribution in [0.5, 0.6) is 0 Å². The molecule has 1 aliphatic heterocycles. The molecule has 7 heteroatoms. The first-order valence-corrected chi connectivity index (χ1v) is 9.98. The normalized spacial score (nSPS) is 22.7. The summed E-state index contributed by atoms with van der Waals surface area (Å²) >= 11 is 3.24. The minimum Gasteiger partial charge on any atom is -0.368 e. The van der Waals surface area contributed by atoms with Gasteiger partial charge in [-0.2, -0.15) is 0 Å². The largest absolute Gasteiger partial charge is 0.368 e. The highest BCUT2D eigenvalue weighted by molar-refractivity contribution is 8.01. The second-order valence-corrected chi connectivity index (χ2v) is 9.38. The van der Waals surface area contributed by atoms with E-state index in [4.69, 9.17) is 5.73 Å². The van der Waals surface area contributed by atoms with E-state index in [1.807, 2.05) is 58.2 Å². The van der Waals surface area contributed by atoms with Crippen LogP contribution >= 0.6 is 23.5 Å². The topological polar surface area (TPSA) is 75.4 Å². The first-order valence-electron chi connectivity index (χ1n) is 7.88. The summed E-state index contributed by atoms with van der Waals surface area (Å²) in [5, 5.41) is 2.82. The summed E-state index contributed by atoms with van der Waals surface area (Å²) in [5.74, 6) is -0.259. The average molecular weight is 368 g/mol. The van der Waals surface area contributed by atoms with Crippen molar-refractivity contribution < 1.29 is 9.59 Å². The molecule has 3 N–H and O–H groups in total. The molecule has 1 saturated heterocycles. The molecule has 2 unspecified atom stereocenters. The Kier molecular flexibility index (Phi) is 5.75. The van der Waals surface area contributed by atoms with Crippen molar-refractivity contribution >= 4 is 41.1 Å². The number of nitrogens with two attached hydrogens (primary N) is 1. The Morgan fingerprint density at radius 2 is 2.04 bits per heavy atom. The van der Waals surface area contributed by atoms with Crippen molar-refractivity contribution in [3.63, 3.8) is 0 Å². The highest BCUT2D eigenvalue weighted by atomic mass is 32.2. The van der Waals surface area contributed by atoms with E-state index in [-0.39, 0.29) is 17.3 Å². The van der Waals surface area contributed by atoms with Gasteiger partial charge in [-0.1, -0.05) is 19.9 Å². The Labute approximate surface area is 152 Å². The smallest absolute Gasteiger partial charge is 0.323 e. The van der Waals surface area contributed by atoms with Gasteiger partial charge >= 0.3 is 6.03 Å². The predicted molar refractivity (Wildman–Crippen MR) is 102 cm³/mol. The van der Waals surface area contributed by atoms with Gasteiger partial charge in [0.15, 0.2) is 0 Å². The first-order chi connectivity index (χ1) is 11.2. The van der Waals surface area contributed by atoms with Gasteiger partial charge in [0, 0.05) is 15.3 Å². The van der Waals surface area contributed by atoms with Gasteiger partial charge < -0.3 is 11.1 Å². The van der Waals surface area contributed by atoms with Gasteiger partial charge in [0.05, 0.1) is 5.37 Å². The monoisotopic (exact) mass is 367 g/mol. The van der Waals surface area contributed by atoms with Crippen molar-refractivity contribution in [1.82, 2.24) is 4.90 Å². The third-order valence-electron chi connectivity index (χ3n) is 4.03. The number of amides is 3. The summed E-state index contributed by atoms with van der Waals surface area (Å²) < 4.78 is -0.417. The van der Waals surface area contributed by atoms with E-state index in [2.05, 4.69) is 5.32 Å². The number of primary amides is 1. The minimum absolute atomic E-state index is 0.0961. The fourth-order valence-corrected chi connectivity index (χ4v) is 5.02. The SMILES string of the molecule is CSc1cccc(NC(=O)N2C(C(C)C)SC(C)(C)C2C(N)=O)c1. The summed E-state index contributed by atoms with van der Waals surface area (Å²) in [4.78, 5) is 27.6. The summed E-state index contributed by atoms with van der Waals surface area (Å²) in [5.41, 5.74) is 6.34. The highest BCUT2D eigenvalue weighted by Crippen LogP contribution is 2.47. The highest BCUT2D eigenvalue weighted by Gasteiger charge is 2.53. The molecule has 2 rings (SSSR count). The molecule has 0 saturated carbocycles. The predicted octanol–water partition coefficient (Wildman–Crippen LogP) is 3.60. The van der Waals surface area contributed by atoms with Gasteiger partial charge in [-0.15, -0.1) is 23.5 Å². The fourth-order valence-electron chi connectivity index (χ4n) is 2.97. The number of anilines is 1. The molecule has 1 aromatic rings. The molecule has 0 spiro atoms. The second-order valence-electron chi connectivity index (χ2n) is 6.73. The van der Waals surface area contributed by atoms with Crippen molar-refractivity contribution in [3.05, 3.63) is 24.3 Å². The molecule has 1 aromatic carbocycles. The third-order valence-corrected chi connectivity index (χ3v) is 6.60. The lowest BCUT2D eigenvalue weighted by atomic mass is 10.0. The number of nitrogens with zero attached hydrogens (tertiary/aromatic N) is 1. The standard InChI is InChI=1S/C17H25N3O2S2/c1-10(2)15-20(13(14(18)21)17(3,4)24-15)16(22)19-11-7-6-8-12(9-11)23-5/h6-10,13,15H,1-5H3,(H2,18,21)(H,19,22). The molecule has 2 atom stereocenters. The zero-order chi connectivity index (χ0) is 18.1. The molecule has 5 nitrogen and oxygen atoms in total. The average Bonchev–Trinajstić information content (AvgIpc) is 2.79. The van der Waals surface area contributed by atoms with Gasteiger partial charge in [-0.05, 0) is 44.2 Å². The molecule has 1 heterocycles. The Morgan fingerprint density at radius 1 is 1.38 bits per heavy atom.